The standard InChI is InChI=1S/C9H9O2/c1-7-3-2-4-8(5-7)6-9(10)11/h2-4H,6H2,1H3,(H,10,11). The topological polar surface area (TPSA) is 37.3 Å². The molecule has 0 atom stereocenters. The van der Waals surface area contributed by atoms with Crippen molar-refractivity contribution in [1.29, 1.82) is 0 Å². The number of rotatable bonds is 2. The molecule has 0 saturated heterocycles. The lowest BCUT2D eigenvalue weighted by atomic mass is 10.1. The van der Waals surface area contributed by atoms with E-state index in [4.69, 9.17) is 5.11 Å². The second-order valence-corrected chi connectivity index (χ2v) is 2.43. The third kappa shape index (κ3) is 2.42. The second-order valence-electron chi connectivity index (χ2n) is 2.43. The maximum Gasteiger partial charge on any atom is 0.307 e. The molecule has 57 valence electrons. The van der Waals surface area contributed by atoms with Crippen molar-refractivity contribution in [2.75, 3.05) is 0 Å². The zero-order valence-corrected chi connectivity index (χ0v) is 6.29. The summed E-state index contributed by atoms with van der Waals surface area (Å²) < 4.78 is 0. The van der Waals surface area contributed by atoms with Gasteiger partial charge in [-0.2, -0.15) is 0 Å². The predicted octanol–water partition coefficient (Wildman–Crippen LogP) is 1.42. The molecular weight excluding hydrogens is 140 g/mol. The van der Waals surface area contributed by atoms with Gasteiger partial charge in [0.05, 0.1) is 6.42 Å². The number of carbonyl (C=O) groups is 1. The van der Waals surface area contributed by atoms with Crippen molar-refractivity contribution >= 4 is 5.97 Å². The summed E-state index contributed by atoms with van der Waals surface area (Å²) in [6, 6.07) is 8.45. The maximum absolute atomic E-state index is 10.3. The Kier molecular flexibility index (Phi) is 2.26. The SMILES string of the molecule is Cc1[c]c(CC(=O)O)ccc1. The predicted molar refractivity (Wildman–Crippen MR) is 41.4 cm³/mol. The van der Waals surface area contributed by atoms with Gasteiger partial charge in [-0.05, 0) is 24.1 Å². The summed E-state index contributed by atoms with van der Waals surface area (Å²) in [5.74, 6) is -0.813. The summed E-state index contributed by atoms with van der Waals surface area (Å²) >= 11 is 0. The molecule has 2 nitrogen and oxygen atoms in total. The first kappa shape index (κ1) is 7.79. The molecule has 1 aromatic rings. The fourth-order valence-electron chi connectivity index (χ4n) is 0.911. The molecule has 0 aliphatic rings. The van der Waals surface area contributed by atoms with E-state index in [9.17, 15) is 4.79 Å². The van der Waals surface area contributed by atoms with E-state index < -0.39 is 5.97 Å². The van der Waals surface area contributed by atoms with Crippen molar-refractivity contribution in [3.63, 3.8) is 0 Å². The minimum atomic E-state index is -0.813. The lowest BCUT2D eigenvalue weighted by molar-refractivity contribution is -0.136. The van der Waals surface area contributed by atoms with Gasteiger partial charge in [0.2, 0.25) is 0 Å². The molecule has 1 rings (SSSR count). The van der Waals surface area contributed by atoms with Gasteiger partial charge in [0.15, 0.2) is 0 Å². The Labute approximate surface area is 65.5 Å². The molecule has 0 unspecified atom stereocenters. The highest BCUT2D eigenvalue weighted by atomic mass is 16.4. The molecule has 0 bridgehead atoms. The fourth-order valence-corrected chi connectivity index (χ4v) is 0.911. The van der Waals surface area contributed by atoms with Gasteiger partial charge in [0.1, 0.15) is 0 Å². The molecule has 1 radical (unpaired) electrons. The van der Waals surface area contributed by atoms with Crippen LogP contribution in [0.3, 0.4) is 0 Å². The van der Waals surface area contributed by atoms with E-state index in [0.717, 1.165) is 11.1 Å². The Morgan fingerprint density at radius 1 is 1.64 bits per heavy atom. The average Bonchev–Trinajstić information content (AvgIpc) is 1.85. The average molecular weight is 149 g/mol. The van der Waals surface area contributed by atoms with Gasteiger partial charge in [0, 0.05) is 0 Å². The first-order chi connectivity index (χ1) is 5.18. The van der Waals surface area contributed by atoms with Crippen LogP contribution in [0.25, 0.3) is 0 Å². The third-order valence-electron chi connectivity index (χ3n) is 1.34. The summed E-state index contributed by atoms with van der Waals surface area (Å²) in [4.78, 5) is 10.3. The van der Waals surface area contributed by atoms with Gasteiger partial charge < -0.3 is 5.11 Å². The lowest BCUT2D eigenvalue weighted by Crippen LogP contribution is -1.99. The molecule has 0 spiro atoms. The molecule has 11 heavy (non-hydrogen) atoms. The van der Waals surface area contributed by atoms with Crippen LogP contribution in [0.5, 0.6) is 0 Å². The maximum atomic E-state index is 10.3. The van der Waals surface area contributed by atoms with Crippen LogP contribution in [0, 0.1) is 13.0 Å². The minimum Gasteiger partial charge on any atom is -0.481 e. The van der Waals surface area contributed by atoms with Crippen LogP contribution in [-0.4, -0.2) is 11.1 Å². The van der Waals surface area contributed by atoms with E-state index in [1.165, 1.54) is 0 Å². The molecule has 0 amide bonds. The van der Waals surface area contributed by atoms with Gasteiger partial charge in [-0.25, -0.2) is 0 Å². The van der Waals surface area contributed by atoms with Crippen molar-refractivity contribution in [1.82, 2.24) is 0 Å². The van der Waals surface area contributed by atoms with Crippen LogP contribution in [0.1, 0.15) is 11.1 Å². The summed E-state index contributed by atoms with van der Waals surface area (Å²) in [6.45, 7) is 1.89. The van der Waals surface area contributed by atoms with Gasteiger partial charge in [-0.3, -0.25) is 4.79 Å². The van der Waals surface area contributed by atoms with Crippen molar-refractivity contribution in [2.24, 2.45) is 0 Å². The number of carboxylic acids is 1. The van der Waals surface area contributed by atoms with Crippen LogP contribution in [0.4, 0.5) is 0 Å². The van der Waals surface area contributed by atoms with E-state index in [1.54, 1.807) is 6.07 Å². The highest BCUT2D eigenvalue weighted by molar-refractivity contribution is 5.70. The van der Waals surface area contributed by atoms with Crippen LogP contribution in [-0.2, 0) is 11.2 Å². The van der Waals surface area contributed by atoms with Crippen molar-refractivity contribution < 1.29 is 9.90 Å². The smallest absolute Gasteiger partial charge is 0.307 e. The van der Waals surface area contributed by atoms with Gasteiger partial charge in [0.25, 0.3) is 0 Å². The Balaban J connectivity index is 2.79. The first-order valence-corrected chi connectivity index (χ1v) is 3.38. The number of aliphatic carboxylic acids is 1. The molecular formula is C9H9O2. The van der Waals surface area contributed by atoms with Crippen LogP contribution >= 0.6 is 0 Å². The Morgan fingerprint density at radius 3 is 2.91 bits per heavy atom. The quantitative estimate of drug-likeness (QED) is 0.690. The van der Waals surface area contributed by atoms with Crippen molar-refractivity contribution in [3.05, 3.63) is 35.4 Å². The summed E-state index contributed by atoms with van der Waals surface area (Å²) in [5.41, 5.74) is 1.71. The fraction of sp³-hybridized carbons (Fsp3) is 0.222. The lowest BCUT2D eigenvalue weighted by Gasteiger charge is -1.96. The molecule has 0 fully saturated rings. The molecule has 0 aromatic heterocycles. The van der Waals surface area contributed by atoms with Gasteiger partial charge in [-0.1, -0.05) is 18.2 Å². The van der Waals surface area contributed by atoms with E-state index in [-0.39, 0.29) is 6.42 Å². The highest BCUT2D eigenvalue weighted by Crippen LogP contribution is 2.02. The zero-order chi connectivity index (χ0) is 8.27. The van der Waals surface area contributed by atoms with Crippen LogP contribution in [0.2, 0.25) is 0 Å². The minimum absolute atomic E-state index is 0.0572. The molecule has 0 saturated carbocycles. The van der Waals surface area contributed by atoms with Crippen LogP contribution < -0.4 is 0 Å². The number of hydrogen-bond donors (Lipinski definition) is 1. The van der Waals surface area contributed by atoms with E-state index >= 15 is 0 Å². The number of aryl methyl sites for hydroxylation is 1. The van der Waals surface area contributed by atoms with E-state index in [2.05, 4.69) is 6.07 Å². The van der Waals surface area contributed by atoms with E-state index in [0.29, 0.717) is 0 Å². The van der Waals surface area contributed by atoms with Gasteiger partial charge >= 0.3 is 5.97 Å². The van der Waals surface area contributed by atoms with Crippen molar-refractivity contribution in [3.8, 4) is 0 Å². The largest absolute Gasteiger partial charge is 0.481 e. The summed E-state index contributed by atoms with van der Waals surface area (Å²) in [5, 5.41) is 8.44. The van der Waals surface area contributed by atoms with E-state index in [1.807, 2.05) is 19.1 Å². The molecule has 1 aromatic carbocycles. The number of hydrogen-bond acceptors (Lipinski definition) is 1. The second kappa shape index (κ2) is 3.19. The Hall–Kier alpha value is -1.31. The molecule has 2 heteroatoms. The Morgan fingerprint density at radius 2 is 2.36 bits per heavy atom. The molecule has 0 aliphatic heterocycles. The highest BCUT2D eigenvalue weighted by Gasteiger charge is 1.99. The first-order valence-electron chi connectivity index (χ1n) is 3.38. The van der Waals surface area contributed by atoms with Crippen LogP contribution in [0.15, 0.2) is 18.2 Å². The normalized spacial score (nSPS) is 9.55. The zero-order valence-electron chi connectivity index (χ0n) is 6.29. The molecule has 0 aliphatic carbocycles. The molecule has 0 heterocycles. The third-order valence-corrected chi connectivity index (χ3v) is 1.34. The molecule has 1 N–H and O–H groups in total. The number of benzene rings is 1. The summed E-state index contributed by atoms with van der Waals surface area (Å²) in [7, 11) is 0. The Bertz CT molecular complexity index is 266. The number of carboxylic acid groups (broad SMARTS) is 1. The monoisotopic (exact) mass is 149 g/mol. The van der Waals surface area contributed by atoms with Gasteiger partial charge in [-0.15, -0.1) is 0 Å². The van der Waals surface area contributed by atoms with Crippen molar-refractivity contribution in [2.45, 2.75) is 13.3 Å². The summed E-state index contributed by atoms with van der Waals surface area (Å²) in [6.07, 6.45) is 0.0572.